The van der Waals surface area contributed by atoms with E-state index in [-0.39, 0.29) is 12.6 Å². The average molecular weight is 243 g/mol. The Morgan fingerprint density at radius 1 is 1.75 bits per heavy atom. The Labute approximate surface area is 99.2 Å². The molecule has 5 heteroatoms. The fraction of sp³-hybridized carbons (Fsp3) is 0.545. The first-order valence-electron chi connectivity index (χ1n) is 5.03. The van der Waals surface area contributed by atoms with Gasteiger partial charge in [0.15, 0.2) is 0 Å². The summed E-state index contributed by atoms with van der Waals surface area (Å²) < 4.78 is 4.95. The highest BCUT2D eigenvalue weighted by molar-refractivity contribution is 7.10. The molecule has 1 rings (SSSR count). The van der Waals surface area contributed by atoms with E-state index in [1.165, 1.54) is 7.11 Å². The van der Waals surface area contributed by atoms with Gasteiger partial charge in [0, 0.05) is 18.0 Å². The first kappa shape index (κ1) is 13.2. The second-order valence-corrected chi connectivity index (χ2v) is 4.93. The van der Waals surface area contributed by atoms with Gasteiger partial charge in [0.1, 0.15) is 5.54 Å². The molecular formula is C11H17NO3S. The SMILES string of the molecule is COCC(C)(NC(C)c1cccs1)C(=O)O. The lowest BCUT2D eigenvalue weighted by Crippen LogP contribution is -2.53. The van der Waals surface area contributed by atoms with Crippen molar-refractivity contribution in [2.24, 2.45) is 0 Å². The maximum absolute atomic E-state index is 11.2. The molecule has 0 amide bonds. The highest BCUT2D eigenvalue weighted by atomic mass is 32.1. The van der Waals surface area contributed by atoms with Crippen LogP contribution in [-0.4, -0.2) is 30.3 Å². The van der Waals surface area contributed by atoms with Gasteiger partial charge in [0.05, 0.1) is 6.61 Å². The Hall–Kier alpha value is -0.910. The number of carboxylic acid groups (broad SMARTS) is 1. The van der Waals surface area contributed by atoms with Crippen molar-refractivity contribution in [3.8, 4) is 0 Å². The van der Waals surface area contributed by atoms with Gasteiger partial charge in [-0.3, -0.25) is 10.1 Å². The predicted octanol–water partition coefficient (Wildman–Crippen LogP) is 1.89. The van der Waals surface area contributed by atoms with E-state index in [1.54, 1.807) is 18.3 Å². The quantitative estimate of drug-likeness (QED) is 0.801. The molecule has 0 aromatic carbocycles. The van der Waals surface area contributed by atoms with Crippen LogP contribution in [0.4, 0.5) is 0 Å². The predicted molar refractivity (Wildman–Crippen MR) is 63.8 cm³/mol. The van der Waals surface area contributed by atoms with Crippen molar-refractivity contribution in [1.29, 1.82) is 0 Å². The van der Waals surface area contributed by atoms with Crippen molar-refractivity contribution in [1.82, 2.24) is 5.32 Å². The van der Waals surface area contributed by atoms with Gasteiger partial charge < -0.3 is 9.84 Å². The zero-order valence-electron chi connectivity index (χ0n) is 9.69. The van der Waals surface area contributed by atoms with E-state index >= 15 is 0 Å². The molecule has 0 bridgehead atoms. The van der Waals surface area contributed by atoms with E-state index in [4.69, 9.17) is 4.74 Å². The van der Waals surface area contributed by atoms with Gasteiger partial charge in [0.25, 0.3) is 0 Å². The first-order valence-corrected chi connectivity index (χ1v) is 5.91. The summed E-state index contributed by atoms with van der Waals surface area (Å²) in [5.41, 5.74) is -1.06. The van der Waals surface area contributed by atoms with Gasteiger partial charge in [-0.2, -0.15) is 0 Å². The molecule has 0 saturated heterocycles. The molecular weight excluding hydrogens is 226 g/mol. The van der Waals surface area contributed by atoms with Crippen molar-refractivity contribution in [3.05, 3.63) is 22.4 Å². The molecule has 90 valence electrons. The molecule has 2 atom stereocenters. The number of nitrogens with one attached hydrogen (secondary N) is 1. The van der Waals surface area contributed by atoms with E-state index in [2.05, 4.69) is 5.32 Å². The number of rotatable bonds is 6. The molecule has 2 unspecified atom stereocenters. The zero-order chi connectivity index (χ0) is 12.2. The molecule has 1 aromatic rings. The number of thiophene rings is 1. The second kappa shape index (κ2) is 5.43. The van der Waals surface area contributed by atoms with E-state index in [0.717, 1.165) is 4.88 Å². The summed E-state index contributed by atoms with van der Waals surface area (Å²) >= 11 is 1.61. The lowest BCUT2D eigenvalue weighted by Gasteiger charge is -2.28. The fourth-order valence-electron chi connectivity index (χ4n) is 1.54. The van der Waals surface area contributed by atoms with Crippen molar-refractivity contribution in [3.63, 3.8) is 0 Å². The smallest absolute Gasteiger partial charge is 0.326 e. The van der Waals surface area contributed by atoms with Crippen LogP contribution in [0.5, 0.6) is 0 Å². The van der Waals surface area contributed by atoms with Crippen LogP contribution in [0.1, 0.15) is 24.8 Å². The Morgan fingerprint density at radius 2 is 2.44 bits per heavy atom. The van der Waals surface area contributed by atoms with Crippen LogP contribution in [0.2, 0.25) is 0 Å². The zero-order valence-corrected chi connectivity index (χ0v) is 10.5. The number of carboxylic acids is 1. The van der Waals surface area contributed by atoms with Crippen molar-refractivity contribution in [2.75, 3.05) is 13.7 Å². The normalized spacial score (nSPS) is 16.7. The van der Waals surface area contributed by atoms with Crippen LogP contribution in [0.15, 0.2) is 17.5 Å². The summed E-state index contributed by atoms with van der Waals surface area (Å²) in [5.74, 6) is -0.905. The van der Waals surface area contributed by atoms with E-state index < -0.39 is 11.5 Å². The molecule has 4 nitrogen and oxygen atoms in total. The van der Waals surface area contributed by atoms with E-state index in [0.29, 0.717) is 0 Å². The van der Waals surface area contributed by atoms with Crippen molar-refractivity contribution < 1.29 is 14.6 Å². The van der Waals surface area contributed by atoms with Crippen molar-refractivity contribution in [2.45, 2.75) is 25.4 Å². The third-order valence-corrected chi connectivity index (χ3v) is 3.47. The number of carbonyl (C=O) groups is 1. The minimum Gasteiger partial charge on any atom is -0.480 e. The molecule has 2 N–H and O–H groups in total. The topological polar surface area (TPSA) is 58.6 Å². The van der Waals surface area contributed by atoms with Gasteiger partial charge >= 0.3 is 5.97 Å². The van der Waals surface area contributed by atoms with Crippen LogP contribution in [0, 0.1) is 0 Å². The van der Waals surface area contributed by atoms with Crippen LogP contribution >= 0.6 is 11.3 Å². The standard InChI is InChI=1S/C11H17NO3S/c1-8(9-5-4-6-16-9)12-11(2,7-15-3)10(13)14/h4-6,8,12H,7H2,1-3H3,(H,13,14). The fourth-order valence-corrected chi connectivity index (χ4v) is 2.27. The maximum Gasteiger partial charge on any atom is 0.326 e. The Balaban J connectivity index is 2.72. The maximum atomic E-state index is 11.2. The van der Waals surface area contributed by atoms with Crippen LogP contribution in [0.3, 0.4) is 0 Å². The summed E-state index contributed by atoms with van der Waals surface area (Å²) in [6.45, 7) is 3.71. The summed E-state index contributed by atoms with van der Waals surface area (Å²) in [5, 5.41) is 14.2. The number of aliphatic carboxylic acids is 1. The largest absolute Gasteiger partial charge is 0.480 e. The molecule has 1 heterocycles. The minimum absolute atomic E-state index is 0.00347. The molecule has 0 saturated carbocycles. The highest BCUT2D eigenvalue weighted by Gasteiger charge is 2.34. The average Bonchev–Trinajstić information content (AvgIpc) is 2.70. The lowest BCUT2D eigenvalue weighted by atomic mass is 10.0. The van der Waals surface area contributed by atoms with Gasteiger partial charge in [0.2, 0.25) is 0 Å². The second-order valence-electron chi connectivity index (χ2n) is 3.95. The summed E-state index contributed by atoms with van der Waals surface area (Å²) in [6, 6.07) is 3.93. The first-order chi connectivity index (χ1) is 7.49. The molecule has 0 radical (unpaired) electrons. The third kappa shape index (κ3) is 3.04. The highest BCUT2D eigenvalue weighted by Crippen LogP contribution is 2.21. The Kier molecular flexibility index (Phi) is 4.46. The number of hydrogen-bond acceptors (Lipinski definition) is 4. The molecule has 1 aromatic heterocycles. The summed E-state index contributed by atoms with van der Waals surface area (Å²) in [7, 11) is 1.50. The van der Waals surface area contributed by atoms with Crippen LogP contribution < -0.4 is 5.32 Å². The summed E-state index contributed by atoms with van der Waals surface area (Å²) in [6.07, 6.45) is 0. The van der Waals surface area contributed by atoms with Gasteiger partial charge in [-0.25, -0.2) is 0 Å². The molecule has 0 aliphatic rings. The van der Waals surface area contributed by atoms with Crippen LogP contribution in [-0.2, 0) is 9.53 Å². The summed E-state index contributed by atoms with van der Waals surface area (Å²) in [4.78, 5) is 12.3. The number of hydrogen-bond donors (Lipinski definition) is 2. The van der Waals surface area contributed by atoms with E-state index in [9.17, 15) is 9.90 Å². The van der Waals surface area contributed by atoms with Crippen molar-refractivity contribution >= 4 is 17.3 Å². The Morgan fingerprint density at radius 3 is 2.88 bits per heavy atom. The third-order valence-electron chi connectivity index (χ3n) is 2.41. The number of ether oxygens (including phenoxy) is 1. The molecule has 16 heavy (non-hydrogen) atoms. The van der Waals surface area contributed by atoms with Gasteiger partial charge in [-0.15, -0.1) is 11.3 Å². The lowest BCUT2D eigenvalue weighted by molar-refractivity contribution is -0.146. The van der Waals surface area contributed by atoms with Gasteiger partial charge in [-0.1, -0.05) is 6.07 Å². The molecule has 0 aliphatic heterocycles. The van der Waals surface area contributed by atoms with Gasteiger partial charge in [-0.05, 0) is 25.3 Å². The minimum atomic E-state index is -1.06. The molecule has 0 aliphatic carbocycles. The molecule has 0 fully saturated rings. The van der Waals surface area contributed by atoms with Crippen LogP contribution in [0.25, 0.3) is 0 Å². The van der Waals surface area contributed by atoms with E-state index in [1.807, 2.05) is 24.4 Å². The molecule has 0 spiro atoms. The number of methoxy groups -OCH3 is 1. The monoisotopic (exact) mass is 243 g/mol. The Bertz CT molecular complexity index is 339.